The number of phenolic OH excluding ortho intramolecular Hbond substituents is 1. The molecule has 11 nitrogen and oxygen atoms in total. The summed E-state index contributed by atoms with van der Waals surface area (Å²) < 4.78 is 23.8. The first-order valence-electron chi connectivity index (χ1n) is 15.2. The number of ether oxygens (including phenoxy) is 2. The SMILES string of the molecule is COC(=O)N1C(=O)C2CC=C3C(CC4C(=O)N(Nc5ccc(F)cc5)C(=O)C4(c4ccc(Cl)cc4)C3c3ccc(OC)c(O)c3)C2C1=O. The number of halogens is 2. The Balaban J connectivity index is 1.46. The van der Waals surface area contributed by atoms with Gasteiger partial charge in [-0.2, -0.15) is 9.91 Å². The summed E-state index contributed by atoms with van der Waals surface area (Å²) in [5.74, 6) is -7.83. The zero-order valence-electron chi connectivity index (χ0n) is 25.7. The average Bonchev–Trinajstić information content (AvgIpc) is 3.46. The van der Waals surface area contributed by atoms with E-state index in [-0.39, 0.29) is 30.0 Å². The molecule has 3 fully saturated rings. The van der Waals surface area contributed by atoms with E-state index >= 15 is 4.79 Å². The third-order valence-electron chi connectivity index (χ3n) is 10.1. The smallest absolute Gasteiger partial charge is 0.423 e. The summed E-state index contributed by atoms with van der Waals surface area (Å²) >= 11 is 6.29. The first-order valence-corrected chi connectivity index (χ1v) is 15.6. The van der Waals surface area contributed by atoms with Gasteiger partial charge in [0, 0.05) is 10.9 Å². The van der Waals surface area contributed by atoms with Crippen molar-refractivity contribution in [3.8, 4) is 11.5 Å². The second-order valence-electron chi connectivity index (χ2n) is 12.3. The lowest BCUT2D eigenvalue weighted by atomic mass is 9.49. The van der Waals surface area contributed by atoms with Gasteiger partial charge >= 0.3 is 6.09 Å². The lowest BCUT2D eigenvalue weighted by Gasteiger charge is -2.50. The van der Waals surface area contributed by atoms with E-state index in [1.165, 1.54) is 37.4 Å². The molecule has 2 heterocycles. The van der Waals surface area contributed by atoms with Crippen molar-refractivity contribution in [2.75, 3.05) is 19.6 Å². The lowest BCUT2D eigenvalue weighted by molar-refractivity contribution is -0.140. The molecule has 2 saturated heterocycles. The zero-order valence-corrected chi connectivity index (χ0v) is 26.4. The van der Waals surface area contributed by atoms with Gasteiger partial charge in [0.15, 0.2) is 11.5 Å². The Bertz CT molecular complexity index is 1920. The molecule has 6 atom stereocenters. The molecule has 2 aliphatic carbocycles. The second-order valence-corrected chi connectivity index (χ2v) is 12.7. The van der Waals surface area contributed by atoms with E-state index in [4.69, 9.17) is 21.1 Å². The van der Waals surface area contributed by atoms with E-state index < -0.39 is 70.5 Å². The summed E-state index contributed by atoms with van der Waals surface area (Å²) in [6.45, 7) is 0. The van der Waals surface area contributed by atoms with Gasteiger partial charge < -0.3 is 14.6 Å². The van der Waals surface area contributed by atoms with Crippen LogP contribution in [0.25, 0.3) is 0 Å². The molecule has 4 aliphatic rings. The van der Waals surface area contributed by atoms with Gasteiger partial charge in [0.25, 0.3) is 11.8 Å². The number of carbonyl (C=O) groups is 5. The molecular weight excluding hydrogens is 645 g/mol. The minimum atomic E-state index is -1.63. The molecular formula is C35H29ClFN3O8. The van der Waals surface area contributed by atoms with Crippen molar-refractivity contribution in [3.05, 3.63) is 100 Å². The van der Waals surface area contributed by atoms with Gasteiger partial charge in [-0.05, 0) is 78.4 Å². The number of aromatic hydroxyl groups is 1. The van der Waals surface area contributed by atoms with Crippen LogP contribution in [0, 0.1) is 29.5 Å². The number of allylic oxidation sites excluding steroid dienone is 2. The molecule has 5 amide bonds. The summed E-state index contributed by atoms with van der Waals surface area (Å²) in [5.41, 5.74) is 3.05. The highest BCUT2D eigenvalue weighted by molar-refractivity contribution is 6.30. The quantitative estimate of drug-likeness (QED) is 0.284. The minimum Gasteiger partial charge on any atom is -0.504 e. The molecule has 0 bridgehead atoms. The molecule has 0 spiro atoms. The van der Waals surface area contributed by atoms with Crippen LogP contribution in [0.4, 0.5) is 14.9 Å². The first kappa shape index (κ1) is 31.4. The Morgan fingerprint density at radius 1 is 0.958 bits per heavy atom. The van der Waals surface area contributed by atoms with E-state index in [1.54, 1.807) is 36.4 Å². The molecule has 48 heavy (non-hydrogen) atoms. The number of hydrogen-bond donors (Lipinski definition) is 2. The summed E-state index contributed by atoms with van der Waals surface area (Å²) in [6.07, 6.45) is 0.791. The van der Waals surface area contributed by atoms with Gasteiger partial charge in [-0.15, -0.1) is 0 Å². The second kappa shape index (κ2) is 11.5. The highest BCUT2D eigenvalue weighted by atomic mass is 35.5. The fourth-order valence-electron chi connectivity index (χ4n) is 8.19. The number of hydrazine groups is 1. The normalized spacial score (nSPS) is 27.7. The molecule has 13 heteroatoms. The molecule has 0 radical (unpaired) electrons. The number of nitrogens with zero attached hydrogens (tertiary/aromatic N) is 2. The molecule has 3 aromatic rings. The summed E-state index contributed by atoms with van der Waals surface area (Å²) in [4.78, 5) is 69.9. The van der Waals surface area contributed by atoms with Crippen LogP contribution >= 0.6 is 11.6 Å². The third-order valence-corrected chi connectivity index (χ3v) is 10.4. The highest BCUT2D eigenvalue weighted by Crippen LogP contribution is 2.64. The van der Waals surface area contributed by atoms with Crippen LogP contribution in [-0.2, 0) is 29.3 Å². The number of rotatable bonds is 5. The molecule has 0 aromatic heterocycles. The van der Waals surface area contributed by atoms with Crippen molar-refractivity contribution in [1.82, 2.24) is 9.91 Å². The van der Waals surface area contributed by atoms with Crippen molar-refractivity contribution < 1.29 is 42.9 Å². The molecule has 7 rings (SSSR count). The van der Waals surface area contributed by atoms with E-state index in [0.717, 1.165) is 12.1 Å². The Kier molecular flexibility index (Phi) is 7.50. The maximum Gasteiger partial charge on any atom is 0.423 e. The number of amides is 5. The van der Waals surface area contributed by atoms with E-state index in [9.17, 15) is 28.7 Å². The maximum atomic E-state index is 15.1. The number of hydrogen-bond acceptors (Lipinski definition) is 9. The van der Waals surface area contributed by atoms with Crippen LogP contribution in [0.3, 0.4) is 0 Å². The van der Waals surface area contributed by atoms with Gasteiger partial charge in [0.05, 0.1) is 43.1 Å². The van der Waals surface area contributed by atoms with Crippen molar-refractivity contribution in [3.63, 3.8) is 0 Å². The number of fused-ring (bicyclic) bond motifs is 4. The number of imide groups is 4. The summed E-state index contributed by atoms with van der Waals surface area (Å²) in [7, 11) is 2.47. The Morgan fingerprint density at radius 3 is 2.31 bits per heavy atom. The molecule has 3 aromatic carbocycles. The van der Waals surface area contributed by atoms with Crippen molar-refractivity contribution in [2.45, 2.75) is 24.2 Å². The molecule has 1 saturated carbocycles. The number of likely N-dealkylation sites (tertiary alicyclic amines) is 1. The number of benzene rings is 3. The summed E-state index contributed by atoms with van der Waals surface area (Å²) in [6, 6.07) is 16.4. The molecule has 2 aliphatic heterocycles. The van der Waals surface area contributed by atoms with Crippen molar-refractivity contribution in [2.24, 2.45) is 23.7 Å². The van der Waals surface area contributed by atoms with Crippen molar-refractivity contribution in [1.29, 1.82) is 0 Å². The highest BCUT2D eigenvalue weighted by Gasteiger charge is 2.70. The maximum absolute atomic E-state index is 15.1. The van der Waals surface area contributed by atoms with Crippen LogP contribution in [0.15, 0.2) is 78.4 Å². The number of methoxy groups -OCH3 is 2. The van der Waals surface area contributed by atoms with Gasteiger partial charge in [-0.3, -0.25) is 24.6 Å². The monoisotopic (exact) mass is 673 g/mol. The van der Waals surface area contributed by atoms with Gasteiger partial charge in [0.1, 0.15) is 5.82 Å². The molecule has 246 valence electrons. The van der Waals surface area contributed by atoms with E-state index in [1.807, 2.05) is 6.08 Å². The standard InChI is InChI=1S/C35H29ClFN3O8/c1-47-27-14-3-17(15-26(27)41)29-22-12-13-23-28(32(44)39(30(23)42)34(46)48-2)24(22)16-25-31(43)40(38-21-10-8-20(37)9-11-21)33(45)35(25,29)18-4-6-19(36)7-5-18/h3-12,14-15,23-25,28-29,38,41H,13,16H2,1-2H3. The van der Waals surface area contributed by atoms with Gasteiger partial charge in [-0.1, -0.05) is 41.4 Å². The fraction of sp³-hybridized carbons (Fsp3) is 0.286. The number of phenols is 1. The predicted octanol–water partition coefficient (Wildman–Crippen LogP) is 4.94. The Labute approximate surface area is 278 Å². The van der Waals surface area contributed by atoms with E-state index in [2.05, 4.69) is 5.43 Å². The van der Waals surface area contributed by atoms with Crippen LogP contribution < -0.4 is 10.2 Å². The van der Waals surface area contributed by atoms with E-state index in [0.29, 0.717) is 26.6 Å². The number of carbonyl (C=O) groups excluding carboxylic acids is 5. The number of anilines is 1. The van der Waals surface area contributed by atoms with Crippen LogP contribution in [0.5, 0.6) is 11.5 Å². The lowest BCUT2D eigenvalue weighted by Crippen LogP contribution is -2.53. The largest absolute Gasteiger partial charge is 0.504 e. The minimum absolute atomic E-state index is 0.0194. The predicted molar refractivity (Wildman–Crippen MR) is 168 cm³/mol. The zero-order chi connectivity index (χ0) is 34.1. The Morgan fingerprint density at radius 2 is 1.67 bits per heavy atom. The van der Waals surface area contributed by atoms with Crippen LogP contribution in [-0.4, -0.2) is 59.0 Å². The van der Waals surface area contributed by atoms with Crippen LogP contribution in [0.2, 0.25) is 5.02 Å². The van der Waals surface area contributed by atoms with Crippen LogP contribution in [0.1, 0.15) is 29.9 Å². The van der Waals surface area contributed by atoms with Gasteiger partial charge in [0.2, 0.25) is 11.8 Å². The first-order chi connectivity index (χ1) is 23.0. The van der Waals surface area contributed by atoms with Gasteiger partial charge in [-0.25, -0.2) is 9.18 Å². The van der Waals surface area contributed by atoms with Crippen molar-refractivity contribution >= 4 is 47.0 Å². The number of nitrogens with one attached hydrogen (secondary N) is 1. The average molecular weight is 674 g/mol. The molecule has 2 N–H and O–H groups in total. The summed E-state index contributed by atoms with van der Waals surface area (Å²) in [5, 5.41) is 12.3. The Hall–Kier alpha value is -5.23. The fourth-order valence-corrected chi connectivity index (χ4v) is 8.31. The third kappa shape index (κ3) is 4.42. The topological polar surface area (TPSA) is 143 Å². The molecule has 6 unspecified atom stereocenters.